The van der Waals surface area contributed by atoms with Crippen molar-refractivity contribution in [3.05, 3.63) is 12.2 Å². The van der Waals surface area contributed by atoms with Crippen molar-refractivity contribution in [2.24, 2.45) is 5.73 Å². The Morgan fingerprint density at radius 2 is 2.29 bits per heavy atom. The van der Waals surface area contributed by atoms with E-state index in [9.17, 15) is 4.79 Å². The van der Waals surface area contributed by atoms with E-state index >= 15 is 0 Å². The second-order valence-electron chi connectivity index (χ2n) is 5.15. The van der Waals surface area contributed by atoms with Gasteiger partial charge in [0, 0.05) is 25.0 Å². The predicted octanol–water partition coefficient (Wildman–Crippen LogP) is -0.108. The van der Waals surface area contributed by atoms with Gasteiger partial charge >= 0.3 is 0 Å². The fourth-order valence-corrected chi connectivity index (χ4v) is 2.50. The number of aromatic nitrogens is 3. The summed E-state index contributed by atoms with van der Waals surface area (Å²) in [6.45, 7) is 2.08. The predicted molar refractivity (Wildman–Crippen MR) is 60.8 cm³/mol. The Labute approximate surface area is 99.8 Å². The number of fused-ring (bicyclic) bond motifs is 1. The second kappa shape index (κ2) is 3.80. The molecule has 1 aromatic heterocycles. The molecule has 0 bridgehead atoms. The zero-order valence-corrected chi connectivity index (χ0v) is 9.80. The lowest BCUT2D eigenvalue weighted by Crippen LogP contribution is -2.51. The van der Waals surface area contributed by atoms with Crippen LogP contribution in [-0.2, 0) is 17.9 Å². The lowest BCUT2D eigenvalue weighted by atomic mass is 9.75. The third-order valence-electron chi connectivity index (χ3n) is 3.84. The third kappa shape index (κ3) is 1.93. The van der Waals surface area contributed by atoms with Crippen LogP contribution in [0.5, 0.6) is 0 Å². The van der Waals surface area contributed by atoms with Crippen LogP contribution in [0.2, 0.25) is 0 Å². The first-order chi connectivity index (χ1) is 8.16. The first-order valence-corrected chi connectivity index (χ1v) is 6.10. The zero-order chi connectivity index (χ0) is 11.9. The standard InChI is InChI=1S/C11H17N5O/c12-11(2-1-3-11)6-10(17)15-4-5-16-8-13-14-9(16)7-15/h8H,1-7,12H2. The maximum absolute atomic E-state index is 12.1. The number of nitrogens with zero attached hydrogens (tertiary/aromatic N) is 4. The Morgan fingerprint density at radius 3 is 3.00 bits per heavy atom. The molecular formula is C11H17N5O. The number of hydrogen-bond donors (Lipinski definition) is 1. The maximum atomic E-state index is 12.1. The van der Waals surface area contributed by atoms with Gasteiger partial charge in [-0.05, 0) is 19.3 Å². The molecule has 92 valence electrons. The molecular weight excluding hydrogens is 218 g/mol. The summed E-state index contributed by atoms with van der Waals surface area (Å²) >= 11 is 0. The summed E-state index contributed by atoms with van der Waals surface area (Å²) in [4.78, 5) is 14.0. The number of carbonyl (C=O) groups is 1. The van der Waals surface area contributed by atoms with Crippen LogP contribution < -0.4 is 5.73 Å². The van der Waals surface area contributed by atoms with Crippen molar-refractivity contribution in [1.29, 1.82) is 0 Å². The van der Waals surface area contributed by atoms with Gasteiger partial charge in [0.05, 0.1) is 6.54 Å². The van der Waals surface area contributed by atoms with Crippen LogP contribution in [0.4, 0.5) is 0 Å². The third-order valence-corrected chi connectivity index (χ3v) is 3.84. The molecule has 0 spiro atoms. The summed E-state index contributed by atoms with van der Waals surface area (Å²) in [6.07, 6.45) is 5.29. The van der Waals surface area contributed by atoms with Gasteiger partial charge in [-0.1, -0.05) is 0 Å². The molecule has 1 aromatic rings. The van der Waals surface area contributed by atoms with Crippen LogP contribution in [0.1, 0.15) is 31.5 Å². The van der Waals surface area contributed by atoms with Gasteiger partial charge in [0.2, 0.25) is 5.91 Å². The van der Waals surface area contributed by atoms with Gasteiger partial charge in [-0.25, -0.2) is 0 Å². The molecule has 0 radical (unpaired) electrons. The minimum absolute atomic E-state index is 0.154. The van der Waals surface area contributed by atoms with Crippen molar-refractivity contribution in [1.82, 2.24) is 19.7 Å². The minimum Gasteiger partial charge on any atom is -0.333 e. The van der Waals surface area contributed by atoms with Crippen LogP contribution in [0, 0.1) is 0 Å². The highest BCUT2D eigenvalue weighted by Gasteiger charge is 2.36. The van der Waals surface area contributed by atoms with E-state index in [1.165, 1.54) is 0 Å². The molecule has 1 aliphatic heterocycles. The van der Waals surface area contributed by atoms with Crippen molar-refractivity contribution in [3.8, 4) is 0 Å². The van der Waals surface area contributed by atoms with Gasteiger partial charge < -0.3 is 15.2 Å². The number of amides is 1. The van der Waals surface area contributed by atoms with Crippen LogP contribution in [-0.4, -0.2) is 37.7 Å². The Morgan fingerprint density at radius 1 is 1.47 bits per heavy atom. The van der Waals surface area contributed by atoms with Crippen molar-refractivity contribution >= 4 is 5.91 Å². The van der Waals surface area contributed by atoms with E-state index in [1.54, 1.807) is 6.33 Å². The second-order valence-corrected chi connectivity index (χ2v) is 5.15. The minimum atomic E-state index is -0.234. The molecule has 2 heterocycles. The highest BCUT2D eigenvalue weighted by Crippen LogP contribution is 2.32. The molecule has 6 heteroatoms. The van der Waals surface area contributed by atoms with Crippen LogP contribution >= 0.6 is 0 Å². The molecule has 2 N–H and O–H groups in total. The largest absolute Gasteiger partial charge is 0.333 e. The summed E-state index contributed by atoms with van der Waals surface area (Å²) in [5, 5.41) is 7.86. The van der Waals surface area contributed by atoms with Crippen molar-refractivity contribution in [3.63, 3.8) is 0 Å². The Balaban J connectivity index is 1.64. The van der Waals surface area contributed by atoms with Gasteiger partial charge in [-0.3, -0.25) is 4.79 Å². The van der Waals surface area contributed by atoms with E-state index in [2.05, 4.69) is 10.2 Å². The highest BCUT2D eigenvalue weighted by molar-refractivity contribution is 5.77. The molecule has 0 unspecified atom stereocenters. The van der Waals surface area contributed by atoms with Gasteiger partial charge in [0.15, 0.2) is 5.82 Å². The molecule has 1 amide bonds. The van der Waals surface area contributed by atoms with E-state index < -0.39 is 0 Å². The molecule has 3 rings (SSSR count). The Kier molecular flexibility index (Phi) is 2.39. The van der Waals surface area contributed by atoms with Gasteiger partial charge in [0.25, 0.3) is 0 Å². The fourth-order valence-electron chi connectivity index (χ4n) is 2.50. The van der Waals surface area contributed by atoms with E-state index in [4.69, 9.17) is 5.73 Å². The van der Waals surface area contributed by atoms with Crippen molar-refractivity contribution in [2.45, 2.75) is 44.3 Å². The van der Waals surface area contributed by atoms with E-state index in [0.717, 1.165) is 38.2 Å². The van der Waals surface area contributed by atoms with Crippen LogP contribution in [0.25, 0.3) is 0 Å². The first kappa shape index (κ1) is 10.7. The zero-order valence-electron chi connectivity index (χ0n) is 9.80. The Hall–Kier alpha value is -1.43. The molecule has 6 nitrogen and oxygen atoms in total. The van der Waals surface area contributed by atoms with Crippen LogP contribution in [0.15, 0.2) is 6.33 Å². The SMILES string of the molecule is NC1(CC(=O)N2CCn3cnnc3C2)CCC1. The number of carbonyl (C=O) groups excluding carboxylic acids is 1. The van der Waals surface area contributed by atoms with E-state index in [1.807, 2.05) is 9.47 Å². The van der Waals surface area contributed by atoms with Gasteiger partial charge in [0.1, 0.15) is 6.33 Å². The molecule has 0 atom stereocenters. The summed E-state index contributed by atoms with van der Waals surface area (Å²) in [5.41, 5.74) is 5.87. The van der Waals surface area contributed by atoms with Gasteiger partial charge in [-0.2, -0.15) is 0 Å². The average Bonchev–Trinajstić information content (AvgIpc) is 2.73. The van der Waals surface area contributed by atoms with Crippen molar-refractivity contribution < 1.29 is 4.79 Å². The first-order valence-electron chi connectivity index (χ1n) is 6.10. The van der Waals surface area contributed by atoms with Crippen molar-refractivity contribution in [2.75, 3.05) is 6.54 Å². The normalized spacial score (nSPS) is 21.8. The monoisotopic (exact) mass is 235 g/mol. The molecule has 1 fully saturated rings. The number of hydrogen-bond acceptors (Lipinski definition) is 4. The summed E-state index contributed by atoms with van der Waals surface area (Å²) in [7, 11) is 0. The van der Waals surface area contributed by atoms with Gasteiger partial charge in [-0.15, -0.1) is 10.2 Å². The average molecular weight is 235 g/mol. The van der Waals surface area contributed by atoms with E-state index in [0.29, 0.717) is 13.0 Å². The number of rotatable bonds is 2. The topological polar surface area (TPSA) is 77.0 Å². The molecule has 1 saturated carbocycles. The molecule has 0 aromatic carbocycles. The fraction of sp³-hybridized carbons (Fsp3) is 0.727. The maximum Gasteiger partial charge on any atom is 0.224 e. The molecule has 0 saturated heterocycles. The molecule has 1 aliphatic carbocycles. The lowest BCUT2D eigenvalue weighted by Gasteiger charge is -2.39. The smallest absolute Gasteiger partial charge is 0.224 e. The van der Waals surface area contributed by atoms with Crippen LogP contribution in [0.3, 0.4) is 0 Å². The number of nitrogens with two attached hydrogens (primary N) is 1. The highest BCUT2D eigenvalue weighted by atomic mass is 16.2. The Bertz CT molecular complexity index is 437. The lowest BCUT2D eigenvalue weighted by molar-refractivity contribution is -0.134. The summed E-state index contributed by atoms with van der Waals surface area (Å²) in [5.74, 6) is 1.02. The molecule has 2 aliphatic rings. The summed E-state index contributed by atoms with van der Waals surface area (Å²) in [6, 6.07) is 0. The van der Waals surface area contributed by atoms with E-state index in [-0.39, 0.29) is 11.4 Å². The molecule has 17 heavy (non-hydrogen) atoms. The quantitative estimate of drug-likeness (QED) is 0.776. The summed E-state index contributed by atoms with van der Waals surface area (Å²) < 4.78 is 1.99.